The van der Waals surface area contributed by atoms with Gasteiger partial charge in [-0.25, -0.2) is 5.16 Å². The van der Waals surface area contributed by atoms with Crippen LogP contribution in [0.5, 0.6) is 0 Å². The van der Waals surface area contributed by atoms with Gasteiger partial charge in [-0.2, -0.15) is 24.3 Å². The quantitative estimate of drug-likeness (QED) is 0.646. The minimum atomic E-state index is 0. The molecule has 3 nitrogen and oxygen atoms in total. The first-order valence-electron chi connectivity index (χ1n) is 9.60. The fourth-order valence-electron chi connectivity index (χ4n) is 4.18. The number of benzene rings is 1. The summed E-state index contributed by atoms with van der Waals surface area (Å²) in [5.41, 5.74) is 1.34. The van der Waals surface area contributed by atoms with Crippen LogP contribution in [0.4, 0.5) is 5.69 Å². The second kappa shape index (κ2) is 10.4. The number of rotatable bonds is 2. The van der Waals surface area contributed by atoms with E-state index in [0.29, 0.717) is 0 Å². The summed E-state index contributed by atoms with van der Waals surface area (Å²) in [4.78, 5) is 0. The molecule has 3 unspecified atom stereocenters. The normalized spacial score (nSPS) is 24.7. The molecule has 3 atom stereocenters. The van der Waals surface area contributed by atoms with Crippen molar-refractivity contribution >= 4 is 5.69 Å². The second-order valence-electron chi connectivity index (χ2n) is 8.40. The third-order valence-corrected chi connectivity index (χ3v) is 5.53. The Bertz CT molecular complexity index is 621. The van der Waals surface area contributed by atoms with Gasteiger partial charge in [0.15, 0.2) is 0 Å². The maximum absolute atomic E-state index is 4.89. The Morgan fingerprint density at radius 3 is 2.35 bits per heavy atom. The molecular weight excluding hydrogens is 347 g/mol. The molecule has 2 aliphatic carbocycles. The number of fused-ring (bicyclic) bond motifs is 1. The van der Waals surface area contributed by atoms with E-state index in [1.807, 2.05) is 12.1 Å². The molecule has 1 aromatic carbocycles. The first kappa shape index (κ1) is 22.2. The van der Waals surface area contributed by atoms with E-state index in [9.17, 15) is 0 Å². The predicted molar refractivity (Wildman–Crippen MR) is 101 cm³/mol. The smallest absolute Gasteiger partial charge is 0.470 e. The number of hydrogen-bond donors (Lipinski definition) is 1. The van der Waals surface area contributed by atoms with Crippen LogP contribution < -0.4 is 56.7 Å². The Kier molecular flexibility index (Phi) is 8.88. The third-order valence-electron chi connectivity index (χ3n) is 5.53. The summed E-state index contributed by atoms with van der Waals surface area (Å²) in [5.74, 6) is 2.84. The molecule has 0 bridgehead atoms. The monoisotopic (exact) mass is 377 g/mol. The molecule has 4 rings (SSSR count). The molecule has 0 saturated heterocycles. The van der Waals surface area contributed by atoms with Gasteiger partial charge in [-0.05, 0) is 35.9 Å². The summed E-state index contributed by atoms with van der Waals surface area (Å²) < 4.78 is 4.89. The van der Waals surface area contributed by atoms with Gasteiger partial charge in [-0.1, -0.05) is 52.1 Å². The van der Waals surface area contributed by atoms with Crippen molar-refractivity contribution in [3.8, 4) is 0 Å². The topological polar surface area (TPSA) is 38.1 Å². The standard InChI is InChI=1S/C15H20N.C7H10NO.K/c1-2-8-13(9-3-1)16-15-11-5-7-12-6-4-10-14(12)15;1-7(2,3)6-4-5-8-9-6;/h2-3,8-9,12,14-16H,4-7,10-11H2;4H,1-3H3;/q2*-1;+1. The number of nitrogens with zero attached hydrogens (tertiary/aromatic N) is 1. The van der Waals surface area contributed by atoms with Gasteiger partial charge < -0.3 is 9.84 Å². The van der Waals surface area contributed by atoms with Crippen molar-refractivity contribution < 1.29 is 55.9 Å². The molecule has 2 fully saturated rings. The van der Waals surface area contributed by atoms with Gasteiger partial charge in [0.1, 0.15) is 0 Å². The first-order chi connectivity index (χ1) is 12.0. The van der Waals surface area contributed by atoms with Crippen LogP contribution in [0.2, 0.25) is 0 Å². The Morgan fingerprint density at radius 2 is 1.77 bits per heavy atom. The summed E-state index contributed by atoms with van der Waals surface area (Å²) in [6.45, 7) is 6.21. The molecule has 2 aliphatic rings. The van der Waals surface area contributed by atoms with Crippen molar-refractivity contribution in [2.45, 2.75) is 70.8 Å². The zero-order valence-electron chi connectivity index (χ0n) is 16.7. The average Bonchev–Trinajstić information content (AvgIpc) is 3.28. The molecule has 1 aromatic heterocycles. The van der Waals surface area contributed by atoms with Crippen molar-refractivity contribution in [1.29, 1.82) is 0 Å². The maximum Gasteiger partial charge on any atom is 1.00 e. The predicted octanol–water partition coefficient (Wildman–Crippen LogP) is 2.64. The molecule has 4 heteroatoms. The van der Waals surface area contributed by atoms with Crippen LogP contribution in [-0.4, -0.2) is 11.2 Å². The van der Waals surface area contributed by atoms with E-state index in [4.69, 9.17) is 4.52 Å². The molecule has 1 N–H and O–H groups in total. The molecule has 0 radical (unpaired) electrons. The largest absolute Gasteiger partial charge is 1.00 e. The maximum atomic E-state index is 4.89. The molecule has 136 valence electrons. The van der Waals surface area contributed by atoms with Crippen LogP contribution in [0, 0.1) is 24.1 Å². The van der Waals surface area contributed by atoms with Crippen LogP contribution in [0.25, 0.3) is 0 Å². The first-order valence-corrected chi connectivity index (χ1v) is 9.60. The van der Waals surface area contributed by atoms with Gasteiger partial charge in [0.2, 0.25) is 0 Å². The van der Waals surface area contributed by atoms with Gasteiger partial charge in [-0.15, -0.1) is 18.3 Å². The van der Waals surface area contributed by atoms with E-state index in [0.717, 1.165) is 23.6 Å². The SMILES string of the molecule is CC(C)(C)c1c[c-]no1.[K+].[c-]1ccc(NC2CCCC3CCCC32)cc1. The zero-order chi connectivity index (χ0) is 17.7. The summed E-state index contributed by atoms with van der Waals surface area (Å²) >= 11 is 0. The van der Waals surface area contributed by atoms with Gasteiger partial charge in [-0.3, -0.25) is 0 Å². The third kappa shape index (κ3) is 6.20. The summed E-state index contributed by atoms with van der Waals surface area (Å²) in [7, 11) is 0. The number of nitrogens with one attached hydrogen (secondary N) is 1. The van der Waals surface area contributed by atoms with Crippen molar-refractivity contribution in [2.75, 3.05) is 5.32 Å². The van der Waals surface area contributed by atoms with E-state index in [1.54, 1.807) is 6.07 Å². The van der Waals surface area contributed by atoms with E-state index in [2.05, 4.69) is 55.6 Å². The van der Waals surface area contributed by atoms with E-state index in [1.165, 1.54) is 44.2 Å². The van der Waals surface area contributed by atoms with Gasteiger partial charge in [0.25, 0.3) is 0 Å². The van der Waals surface area contributed by atoms with E-state index in [-0.39, 0.29) is 56.8 Å². The van der Waals surface area contributed by atoms with Crippen LogP contribution in [0.1, 0.15) is 65.1 Å². The second-order valence-corrected chi connectivity index (χ2v) is 8.40. The van der Waals surface area contributed by atoms with E-state index < -0.39 is 0 Å². The van der Waals surface area contributed by atoms with E-state index >= 15 is 0 Å². The Labute approximate surface area is 201 Å². The Hall–Kier alpha value is -0.134. The van der Waals surface area contributed by atoms with Crippen molar-refractivity contribution in [3.05, 3.63) is 48.4 Å². The Morgan fingerprint density at radius 1 is 1.08 bits per heavy atom. The van der Waals surface area contributed by atoms with Gasteiger partial charge in [0, 0.05) is 6.04 Å². The van der Waals surface area contributed by atoms with Crippen LogP contribution in [-0.2, 0) is 5.41 Å². The van der Waals surface area contributed by atoms with Gasteiger partial charge in [0.05, 0.1) is 0 Å². The minimum Gasteiger partial charge on any atom is -0.470 e. The molecule has 0 aliphatic heterocycles. The molecule has 2 saturated carbocycles. The van der Waals surface area contributed by atoms with Crippen molar-refractivity contribution in [1.82, 2.24) is 5.16 Å². The Balaban J connectivity index is 0.000000210. The van der Waals surface area contributed by atoms with Gasteiger partial charge >= 0.3 is 51.4 Å². The average molecular weight is 378 g/mol. The minimum absolute atomic E-state index is 0. The number of anilines is 1. The van der Waals surface area contributed by atoms with Crippen LogP contribution >= 0.6 is 0 Å². The number of hydrogen-bond acceptors (Lipinski definition) is 3. The molecule has 0 amide bonds. The van der Waals surface area contributed by atoms with Crippen LogP contribution in [0.3, 0.4) is 0 Å². The summed E-state index contributed by atoms with van der Waals surface area (Å²) in [6.07, 6.45) is 11.3. The zero-order valence-corrected chi connectivity index (χ0v) is 19.8. The van der Waals surface area contributed by atoms with Crippen molar-refractivity contribution in [2.24, 2.45) is 11.8 Å². The molecule has 26 heavy (non-hydrogen) atoms. The fourth-order valence-corrected chi connectivity index (χ4v) is 4.18. The fraction of sp³-hybridized carbons (Fsp3) is 0.591. The van der Waals surface area contributed by atoms with Crippen LogP contribution in [0.15, 0.2) is 34.9 Å². The summed E-state index contributed by atoms with van der Waals surface area (Å²) in [5, 5.41) is 7.22. The summed E-state index contributed by atoms with van der Waals surface area (Å²) in [6, 6.07) is 13.8. The molecule has 1 heterocycles. The number of aromatic nitrogens is 1. The molecule has 0 spiro atoms. The molecular formula is C22H30KN2O-. The van der Waals surface area contributed by atoms with Crippen molar-refractivity contribution in [3.63, 3.8) is 0 Å². The molecule has 2 aromatic rings.